The highest BCUT2D eigenvalue weighted by Crippen LogP contribution is 2.22. The quantitative estimate of drug-likeness (QED) is 0.652. The molecule has 0 saturated heterocycles. The van der Waals surface area contributed by atoms with Crippen molar-refractivity contribution in [2.24, 2.45) is 5.41 Å². The number of carbonyl (C=O) groups is 1. The van der Waals surface area contributed by atoms with Crippen molar-refractivity contribution in [2.45, 2.75) is 59.8 Å². The molecule has 18 heavy (non-hydrogen) atoms. The molecule has 0 amide bonds. The summed E-state index contributed by atoms with van der Waals surface area (Å²) in [4.78, 5) is 12.0. The number of hydrogen-bond acceptors (Lipinski definition) is 1. The van der Waals surface area contributed by atoms with Crippen LogP contribution in [0.4, 0.5) is 0 Å². The van der Waals surface area contributed by atoms with Crippen LogP contribution >= 0.6 is 0 Å². The number of Topliss-reactive ketones (excluding diaryl/α,β-unsaturated/α-hetero) is 1. The maximum absolute atomic E-state index is 12.0. The zero-order valence-corrected chi connectivity index (χ0v) is 12.4. The highest BCUT2D eigenvalue weighted by atomic mass is 16.1. The molecule has 0 saturated carbocycles. The number of ketones is 1. The predicted octanol–water partition coefficient (Wildman–Crippen LogP) is 5.21. The highest BCUT2D eigenvalue weighted by Gasteiger charge is 2.12. The van der Waals surface area contributed by atoms with Crippen LogP contribution in [0.3, 0.4) is 0 Å². The molecule has 1 heteroatoms. The van der Waals surface area contributed by atoms with Gasteiger partial charge >= 0.3 is 0 Å². The molecular formula is C17H26O. The van der Waals surface area contributed by atoms with Crippen molar-refractivity contribution in [3.8, 4) is 0 Å². The maximum Gasteiger partial charge on any atom is 0.162 e. The lowest BCUT2D eigenvalue weighted by atomic mass is 9.89. The standard InChI is InChI=1S/C17H26O/c1-13(2)14-8-10-15(11-9-14)16(18)7-6-12-17(3,4)5/h8-11,13H,6-7,12H2,1-5H3. The van der Waals surface area contributed by atoms with Crippen LogP contribution in [-0.4, -0.2) is 5.78 Å². The molecule has 0 unspecified atom stereocenters. The Morgan fingerprint density at radius 1 is 1.11 bits per heavy atom. The van der Waals surface area contributed by atoms with Gasteiger partial charge in [0.25, 0.3) is 0 Å². The summed E-state index contributed by atoms with van der Waals surface area (Å²) in [6.07, 6.45) is 2.75. The van der Waals surface area contributed by atoms with Gasteiger partial charge in [0.15, 0.2) is 5.78 Å². The molecule has 0 atom stereocenters. The van der Waals surface area contributed by atoms with Crippen molar-refractivity contribution >= 4 is 5.78 Å². The second-order valence-corrected chi connectivity index (χ2v) is 6.61. The predicted molar refractivity (Wildman–Crippen MR) is 78.2 cm³/mol. The average Bonchev–Trinajstić information content (AvgIpc) is 2.27. The third kappa shape index (κ3) is 5.03. The van der Waals surface area contributed by atoms with E-state index in [0.717, 1.165) is 18.4 Å². The first-order valence-electron chi connectivity index (χ1n) is 6.93. The highest BCUT2D eigenvalue weighted by molar-refractivity contribution is 5.96. The summed E-state index contributed by atoms with van der Waals surface area (Å²) in [5.41, 5.74) is 2.47. The van der Waals surface area contributed by atoms with Crippen molar-refractivity contribution in [1.29, 1.82) is 0 Å². The van der Waals surface area contributed by atoms with E-state index in [-0.39, 0.29) is 5.78 Å². The molecule has 0 aliphatic rings. The van der Waals surface area contributed by atoms with E-state index in [9.17, 15) is 4.79 Å². The Labute approximate surface area is 112 Å². The SMILES string of the molecule is CC(C)c1ccc(C(=O)CCCC(C)(C)C)cc1. The molecular weight excluding hydrogens is 220 g/mol. The second-order valence-electron chi connectivity index (χ2n) is 6.61. The minimum Gasteiger partial charge on any atom is -0.294 e. The van der Waals surface area contributed by atoms with Crippen LogP contribution in [0.25, 0.3) is 0 Å². The van der Waals surface area contributed by atoms with Gasteiger partial charge in [0.2, 0.25) is 0 Å². The van der Waals surface area contributed by atoms with Crippen LogP contribution in [0.2, 0.25) is 0 Å². The van der Waals surface area contributed by atoms with Gasteiger partial charge < -0.3 is 0 Å². The minimum absolute atomic E-state index is 0.273. The van der Waals surface area contributed by atoms with E-state index < -0.39 is 0 Å². The van der Waals surface area contributed by atoms with E-state index in [2.05, 4.69) is 46.8 Å². The lowest BCUT2D eigenvalue weighted by Gasteiger charge is -2.17. The summed E-state index contributed by atoms with van der Waals surface area (Å²) in [5, 5.41) is 0. The zero-order valence-electron chi connectivity index (χ0n) is 12.4. The molecule has 0 spiro atoms. The van der Waals surface area contributed by atoms with Gasteiger partial charge in [-0.2, -0.15) is 0 Å². The molecule has 0 bridgehead atoms. The Bertz CT molecular complexity index is 379. The first-order chi connectivity index (χ1) is 8.29. The second kappa shape index (κ2) is 6.17. The van der Waals surface area contributed by atoms with Crippen LogP contribution < -0.4 is 0 Å². The first-order valence-corrected chi connectivity index (χ1v) is 6.93. The Kier molecular flexibility index (Phi) is 5.13. The number of benzene rings is 1. The van der Waals surface area contributed by atoms with Crippen LogP contribution in [0.1, 0.15) is 75.7 Å². The molecule has 0 aliphatic heterocycles. The molecule has 0 radical (unpaired) electrons. The van der Waals surface area contributed by atoms with Crippen molar-refractivity contribution in [3.05, 3.63) is 35.4 Å². The molecule has 0 fully saturated rings. The van der Waals surface area contributed by atoms with Gasteiger partial charge in [0.1, 0.15) is 0 Å². The van der Waals surface area contributed by atoms with Crippen molar-refractivity contribution < 1.29 is 4.79 Å². The molecule has 0 heterocycles. The summed E-state index contributed by atoms with van der Waals surface area (Å²) >= 11 is 0. The summed E-state index contributed by atoms with van der Waals surface area (Å²) in [7, 11) is 0. The van der Waals surface area contributed by atoms with Crippen LogP contribution in [0.15, 0.2) is 24.3 Å². The van der Waals surface area contributed by atoms with E-state index in [0.29, 0.717) is 17.8 Å². The van der Waals surface area contributed by atoms with Crippen LogP contribution in [-0.2, 0) is 0 Å². The van der Waals surface area contributed by atoms with Gasteiger partial charge in [-0.15, -0.1) is 0 Å². The van der Waals surface area contributed by atoms with Gasteiger partial charge in [-0.3, -0.25) is 4.79 Å². The van der Waals surface area contributed by atoms with Gasteiger partial charge in [0, 0.05) is 12.0 Å². The van der Waals surface area contributed by atoms with E-state index in [4.69, 9.17) is 0 Å². The molecule has 1 nitrogen and oxygen atoms in total. The molecule has 1 aromatic carbocycles. The van der Waals surface area contributed by atoms with E-state index in [1.807, 2.05) is 12.1 Å². The van der Waals surface area contributed by atoms with Gasteiger partial charge in [-0.05, 0) is 29.7 Å². The van der Waals surface area contributed by atoms with E-state index >= 15 is 0 Å². The fourth-order valence-electron chi connectivity index (χ4n) is 1.98. The Morgan fingerprint density at radius 3 is 2.11 bits per heavy atom. The third-order valence-corrected chi connectivity index (χ3v) is 3.23. The fourth-order valence-corrected chi connectivity index (χ4v) is 1.98. The van der Waals surface area contributed by atoms with Gasteiger partial charge in [0.05, 0.1) is 0 Å². The number of rotatable bonds is 5. The summed E-state index contributed by atoms with van der Waals surface area (Å²) in [5.74, 6) is 0.796. The molecule has 0 aromatic heterocycles. The van der Waals surface area contributed by atoms with E-state index in [1.54, 1.807) is 0 Å². The molecule has 100 valence electrons. The van der Waals surface area contributed by atoms with Crippen molar-refractivity contribution in [1.82, 2.24) is 0 Å². The average molecular weight is 246 g/mol. The zero-order chi connectivity index (χ0) is 13.8. The van der Waals surface area contributed by atoms with Crippen LogP contribution in [0.5, 0.6) is 0 Å². The number of hydrogen-bond donors (Lipinski definition) is 0. The first kappa shape index (κ1) is 14.9. The third-order valence-electron chi connectivity index (χ3n) is 3.23. The smallest absolute Gasteiger partial charge is 0.162 e. The molecule has 0 N–H and O–H groups in total. The summed E-state index contributed by atoms with van der Waals surface area (Å²) in [6, 6.07) is 8.08. The minimum atomic E-state index is 0.273. The fraction of sp³-hybridized carbons (Fsp3) is 0.588. The van der Waals surface area contributed by atoms with Gasteiger partial charge in [-0.1, -0.05) is 58.9 Å². The molecule has 1 aromatic rings. The van der Waals surface area contributed by atoms with Crippen molar-refractivity contribution in [3.63, 3.8) is 0 Å². The number of carbonyl (C=O) groups excluding carboxylic acids is 1. The Morgan fingerprint density at radius 2 is 1.67 bits per heavy atom. The molecule has 0 aliphatic carbocycles. The summed E-state index contributed by atoms with van der Waals surface area (Å²) in [6.45, 7) is 11.0. The summed E-state index contributed by atoms with van der Waals surface area (Å²) < 4.78 is 0. The Balaban J connectivity index is 2.52. The van der Waals surface area contributed by atoms with Crippen LogP contribution in [0, 0.1) is 5.41 Å². The largest absolute Gasteiger partial charge is 0.294 e. The monoisotopic (exact) mass is 246 g/mol. The lowest BCUT2D eigenvalue weighted by molar-refractivity contribution is 0.0976. The van der Waals surface area contributed by atoms with E-state index in [1.165, 1.54) is 5.56 Å². The normalized spacial score (nSPS) is 11.9. The van der Waals surface area contributed by atoms with Crippen molar-refractivity contribution in [2.75, 3.05) is 0 Å². The Hall–Kier alpha value is -1.11. The maximum atomic E-state index is 12.0. The van der Waals surface area contributed by atoms with Gasteiger partial charge in [-0.25, -0.2) is 0 Å². The molecule has 1 rings (SSSR count). The lowest BCUT2D eigenvalue weighted by Crippen LogP contribution is -2.07. The topological polar surface area (TPSA) is 17.1 Å².